The van der Waals surface area contributed by atoms with Crippen molar-refractivity contribution in [3.05, 3.63) is 27.8 Å². The lowest BCUT2D eigenvalue weighted by Gasteiger charge is -2.23. The Bertz CT molecular complexity index is 557. The van der Waals surface area contributed by atoms with Crippen LogP contribution >= 0.6 is 11.6 Å². The summed E-state index contributed by atoms with van der Waals surface area (Å²) < 4.78 is 5.64. The molecule has 1 aliphatic rings. The first-order valence-electron chi connectivity index (χ1n) is 7.19. The monoisotopic (exact) mass is 311 g/mol. The summed E-state index contributed by atoms with van der Waals surface area (Å²) in [6, 6.07) is 1.92. The van der Waals surface area contributed by atoms with Crippen LogP contribution in [0.3, 0.4) is 0 Å². The summed E-state index contributed by atoms with van der Waals surface area (Å²) in [5.74, 6) is -0.00256. The third-order valence-electron chi connectivity index (χ3n) is 4.21. The lowest BCUT2D eigenvalue weighted by Crippen LogP contribution is -2.18. The molecule has 1 aromatic rings. The van der Waals surface area contributed by atoms with Crippen LogP contribution < -0.4 is 10.1 Å². The van der Waals surface area contributed by atoms with Crippen LogP contribution in [-0.2, 0) is 4.79 Å². The van der Waals surface area contributed by atoms with E-state index in [1.807, 2.05) is 13.0 Å². The van der Waals surface area contributed by atoms with Crippen LogP contribution in [-0.4, -0.2) is 24.7 Å². The van der Waals surface area contributed by atoms with Gasteiger partial charge < -0.3 is 15.2 Å². The van der Waals surface area contributed by atoms with Gasteiger partial charge in [0.05, 0.1) is 13.0 Å². The van der Waals surface area contributed by atoms with Gasteiger partial charge >= 0.3 is 5.97 Å². The van der Waals surface area contributed by atoms with Crippen LogP contribution in [0.5, 0.6) is 5.75 Å². The van der Waals surface area contributed by atoms with Crippen molar-refractivity contribution in [1.29, 1.82) is 0 Å². The number of carboxylic acids is 1. The third-order valence-corrected chi connectivity index (χ3v) is 4.60. The van der Waals surface area contributed by atoms with Crippen molar-refractivity contribution in [1.82, 2.24) is 5.32 Å². The van der Waals surface area contributed by atoms with Gasteiger partial charge in [0.2, 0.25) is 0 Å². The minimum Gasteiger partial charge on any atom is -0.496 e. The molecule has 2 rings (SSSR count). The number of hydrogen-bond acceptors (Lipinski definition) is 3. The molecule has 4 nitrogen and oxygen atoms in total. The molecule has 0 aliphatic carbocycles. The zero-order valence-corrected chi connectivity index (χ0v) is 13.6. The normalized spacial score (nSPS) is 21.8. The number of ether oxygens (including phenoxy) is 1. The Labute approximate surface area is 130 Å². The average molecular weight is 312 g/mol. The van der Waals surface area contributed by atoms with E-state index in [9.17, 15) is 9.90 Å². The predicted octanol–water partition coefficient (Wildman–Crippen LogP) is 3.52. The highest BCUT2D eigenvalue weighted by Crippen LogP contribution is 2.42. The molecular weight excluding hydrogens is 290 g/mol. The van der Waals surface area contributed by atoms with Crippen molar-refractivity contribution in [3.63, 3.8) is 0 Å². The van der Waals surface area contributed by atoms with E-state index in [2.05, 4.69) is 19.2 Å². The quantitative estimate of drug-likeness (QED) is 0.893. The van der Waals surface area contributed by atoms with Gasteiger partial charge in [-0.15, -0.1) is 0 Å². The van der Waals surface area contributed by atoms with Crippen LogP contribution in [0, 0.1) is 12.8 Å². The van der Waals surface area contributed by atoms with Crippen molar-refractivity contribution < 1.29 is 14.6 Å². The van der Waals surface area contributed by atoms with E-state index in [4.69, 9.17) is 16.3 Å². The van der Waals surface area contributed by atoms with E-state index in [-0.39, 0.29) is 17.9 Å². The lowest BCUT2D eigenvalue weighted by molar-refractivity contribution is -0.141. The van der Waals surface area contributed by atoms with Crippen molar-refractivity contribution >= 4 is 17.6 Å². The van der Waals surface area contributed by atoms with Crippen molar-refractivity contribution in [3.8, 4) is 5.75 Å². The summed E-state index contributed by atoms with van der Waals surface area (Å²) in [6.07, 6.45) is 0.560. The highest BCUT2D eigenvalue weighted by atomic mass is 35.5. The summed E-state index contributed by atoms with van der Waals surface area (Å²) in [7, 11) is 1.65. The fraction of sp³-hybridized carbons (Fsp3) is 0.562. The molecular formula is C16H22ClNO3. The molecule has 0 radical (unpaired) electrons. The van der Waals surface area contributed by atoms with E-state index in [0.717, 1.165) is 22.4 Å². The lowest BCUT2D eigenvalue weighted by atomic mass is 9.90. The Morgan fingerprint density at radius 1 is 1.52 bits per heavy atom. The van der Waals surface area contributed by atoms with Crippen molar-refractivity contribution in [2.45, 2.75) is 39.2 Å². The fourth-order valence-corrected chi connectivity index (χ4v) is 3.20. The number of nitrogens with one attached hydrogen (secondary N) is 1. The molecule has 1 aliphatic heterocycles. The minimum absolute atomic E-state index is 0.0303. The molecule has 0 amide bonds. The number of methoxy groups -OCH3 is 1. The second-order valence-electron chi connectivity index (χ2n) is 5.91. The highest BCUT2D eigenvalue weighted by molar-refractivity contribution is 6.31. The molecule has 116 valence electrons. The number of benzene rings is 1. The van der Waals surface area contributed by atoms with Crippen LogP contribution in [0.2, 0.25) is 5.02 Å². The Morgan fingerprint density at radius 3 is 2.67 bits per heavy atom. The topological polar surface area (TPSA) is 58.6 Å². The average Bonchev–Trinajstić information content (AvgIpc) is 2.90. The second-order valence-corrected chi connectivity index (χ2v) is 6.31. The van der Waals surface area contributed by atoms with Crippen LogP contribution in [0.15, 0.2) is 6.07 Å². The molecule has 2 N–H and O–H groups in total. The molecule has 1 fully saturated rings. The van der Waals surface area contributed by atoms with Crippen LogP contribution in [0.25, 0.3) is 0 Å². The molecule has 21 heavy (non-hydrogen) atoms. The minimum atomic E-state index is -0.757. The molecule has 1 heterocycles. The standard InChI is InChI=1S/C16H22ClNO3/c1-8(2)11-6-12(17)9(3)14(15(11)21-4)13-5-10(7-18-13)16(19)20/h6,8,10,13,18H,5,7H2,1-4H3,(H,19,20). The molecule has 2 unspecified atom stereocenters. The van der Waals surface area contributed by atoms with Gasteiger partial charge in [-0.25, -0.2) is 0 Å². The summed E-state index contributed by atoms with van der Waals surface area (Å²) in [4.78, 5) is 11.2. The SMILES string of the molecule is COc1c(C(C)C)cc(Cl)c(C)c1C1CC(C(=O)O)CN1. The van der Waals surface area contributed by atoms with Gasteiger partial charge in [-0.05, 0) is 36.5 Å². The van der Waals surface area contributed by atoms with Gasteiger partial charge in [0.15, 0.2) is 0 Å². The second kappa shape index (κ2) is 6.24. The maximum absolute atomic E-state index is 11.2. The van der Waals surface area contributed by atoms with Crippen LogP contribution in [0.4, 0.5) is 0 Å². The Kier molecular flexibility index (Phi) is 4.79. The number of aliphatic carboxylic acids is 1. The number of hydrogen-bond donors (Lipinski definition) is 2. The van der Waals surface area contributed by atoms with E-state index in [1.54, 1.807) is 7.11 Å². The summed E-state index contributed by atoms with van der Waals surface area (Å²) in [6.45, 7) is 6.62. The first kappa shape index (κ1) is 16.1. The first-order valence-corrected chi connectivity index (χ1v) is 7.57. The molecule has 0 saturated carbocycles. The highest BCUT2D eigenvalue weighted by Gasteiger charge is 2.34. The summed E-state index contributed by atoms with van der Waals surface area (Å²) in [5.41, 5.74) is 3.02. The third kappa shape index (κ3) is 3.01. The number of rotatable bonds is 4. The maximum atomic E-state index is 11.2. The van der Waals surface area contributed by atoms with Crippen LogP contribution in [0.1, 0.15) is 48.9 Å². The van der Waals surface area contributed by atoms with Gasteiger partial charge in [-0.2, -0.15) is 0 Å². The Hall–Kier alpha value is -1.26. The molecule has 0 aromatic heterocycles. The van der Waals surface area contributed by atoms with Crippen molar-refractivity contribution in [2.75, 3.05) is 13.7 Å². The number of carbonyl (C=O) groups is 1. The smallest absolute Gasteiger partial charge is 0.307 e. The van der Waals surface area contributed by atoms with E-state index in [0.29, 0.717) is 18.0 Å². The summed E-state index contributed by atoms with van der Waals surface area (Å²) in [5, 5.41) is 13.2. The zero-order valence-electron chi connectivity index (χ0n) is 12.9. The molecule has 1 aromatic carbocycles. The van der Waals surface area contributed by atoms with Gasteiger partial charge in [0.25, 0.3) is 0 Å². The molecule has 0 bridgehead atoms. The Morgan fingerprint density at radius 2 is 2.19 bits per heavy atom. The molecule has 2 atom stereocenters. The fourth-order valence-electron chi connectivity index (χ4n) is 2.98. The van der Waals surface area contributed by atoms with Gasteiger partial charge in [0.1, 0.15) is 5.75 Å². The van der Waals surface area contributed by atoms with Gasteiger partial charge in [-0.1, -0.05) is 25.4 Å². The van der Waals surface area contributed by atoms with Crippen molar-refractivity contribution in [2.24, 2.45) is 5.92 Å². The van der Waals surface area contributed by atoms with Gasteiger partial charge in [-0.3, -0.25) is 4.79 Å². The number of halogens is 1. The molecule has 1 saturated heterocycles. The van der Waals surface area contributed by atoms with E-state index >= 15 is 0 Å². The van der Waals surface area contributed by atoms with E-state index in [1.165, 1.54) is 0 Å². The summed E-state index contributed by atoms with van der Waals surface area (Å²) >= 11 is 6.37. The van der Waals surface area contributed by atoms with E-state index < -0.39 is 5.97 Å². The Balaban J connectivity index is 2.49. The largest absolute Gasteiger partial charge is 0.496 e. The number of carboxylic acid groups (broad SMARTS) is 1. The van der Waals surface area contributed by atoms with Gasteiger partial charge in [0, 0.05) is 23.2 Å². The molecule has 5 heteroatoms. The maximum Gasteiger partial charge on any atom is 0.307 e. The predicted molar refractivity (Wildman–Crippen MR) is 83.3 cm³/mol. The zero-order chi connectivity index (χ0) is 15.7. The first-order chi connectivity index (χ1) is 9.86. The molecule has 0 spiro atoms.